The minimum atomic E-state index is -4.47. The average molecular weight is 673 g/mol. The number of benzene rings is 2. The third-order valence-electron chi connectivity index (χ3n) is 8.32. The van der Waals surface area contributed by atoms with Crippen LogP contribution in [-0.4, -0.2) is 69.9 Å². The number of halogens is 4. The van der Waals surface area contributed by atoms with Crippen LogP contribution in [0.25, 0.3) is 22.0 Å². The Morgan fingerprint density at radius 1 is 1.06 bits per heavy atom. The van der Waals surface area contributed by atoms with E-state index in [2.05, 4.69) is 20.0 Å². The summed E-state index contributed by atoms with van der Waals surface area (Å²) in [6.07, 6.45) is -0.594. The van der Waals surface area contributed by atoms with Gasteiger partial charge in [0.15, 0.2) is 0 Å². The highest BCUT2D eigenvalue weighted by Gasteiger charge is 2.58. The third kappa shape index (κ3) is 6.04. The van der Waals surface area contributed by atoms with Gasteiger partial charge in [-0.3, -0.25) is 14.5 Å². The van der Waals surface area contributed by atoms with E-state index in [1.54, 1.807) is 13.1 Å². The molecule has 248 valence electrons. The summed E-state index contributed by atoms with van der Waals surface area (Å²) in [6.45, 7) is 5.04. The van der Waals surface area contributed by atoms with Gasteiger partial charge in [-0.15, -0.1) is 0 Å². The molecule has 1 amide bonds. The molecule has 0 saturated carbocycles. The highest BCUT2D eigenvalue weighted by Crippen LogP contribution is 2.51. The second-order valence-electron chi connectivity index (χ2n) is 12.1. The fraction of sp³-hybridized carbons (Fsp3) is 0.344. The Kier molecular flexibility index (Phi) is 8.03. The van der Waals surface area contributed by atoms with E-state index in [1.165, 1.54) is 41.6 Å². The fourth-order valence-electron chi connectivity index (χ4n) is 6.14. The smallest absolute Gasteiger partial charge is 0.416 e. The van der Waals surface area contributed by atoms with Gasteiger partial charge < -0.3 is 19.9 Å². The second kappa shape index (κ2) is 11.6. The Labute approximate surface area is 268 Å². The molecule has 47 heavy (non-hydrogen) atoms. The number of ether oxygens (including phenoxy) is 1. The highest BCUT2D eigenvalue weighted by molar-refractivity contribution is 7.92. The number of alkyl halides is 3. The molecule has 0 aliphatic carbocycles. The first-order valence-electron chi connectivity index (χ1n) is 14.7. The molecule has 4 aromatic rings. The maximum absolute atomic E-state index is 15.7. The first kappa shape index (κ1) is 32.4. The van der Waals surface area contributed by atoms with E-state index in [4.69, 9.17) is 4.74 Å². The minimum Gasteiger partial charge on any atom is -0.475 e. The van der Waals surface area contributed by atoms with Crippen LogP contribution in [0, 0.1) is 5.82 Å². The zero-order valence-corrected chi connectivity index (χ0v) is 26.8. The van der Waals surface area contributed by atoms with E-state index in [0.717, 1.165) is 18.4 Å². The summed E-state index contributed by atoms with van der Waals surface area (Å²) in [6, 6.07) is 9.23. The summed E-state index contributed by atoms with van der Waals surface area (Å²) in [7, 11) is -2.13. The summed E-state index contributed by atoms with van der Waals surface area (Å²) in [5.74, 6) is -0.818. The van der Waals surface area contributed by atoms with Crippen LogP contribution in [0.3, 0.4) is 0 Å². The largest absolute Gasteiger partial charge is 0.475 e. The molecule has 1 spiro atoms. The predicted octanol–water partition coefficient (Wildman–Crippen LogP) is 4.94. The molecule has 0 atom stereocenters. The molecule has 1 fully saturated rings. The molecule has 2 aromatic carbocycles. The van der Waals surface area contributed by atoms with Gasteiger partial charge in [-0.2, -0.15) is 13.2 Å². The van der Waals surface area contributed by atoms with Gasteiger partial charge in [-0.1, -0.05) is 13.8 Å². The van der Waals surface area contributed by atoms with Crippen molar-refractivity contribution in [1.29, 1.82) is 0 Å². The van der Waals surface area contributed by atoms with Crippen LogP contribution < -0.4 is 24.6 Å². The molecular formula is C32H32F4N6O4S. The van der Waals surface area contributed by atoms with E-state index < -0.39 is 33.0 Å². The molecular weight excluding hydrogens is 640 g/mol. The fourth-order valence-corrected chi connectivity index (χ4v) is 6.69. The number of pyridine rings is 2. The summed E-state index contributed by atoms with van der Waals surface area (Å²) in [4.78, 5) is 25.7. The zero-order chi connectivity index (χ0) is 33.9. The maximum Gasteiger partial charge on any atom is 0.416 e. The summed E-state index contributed by atoms with van der Waals surface area (Å²) in [5, 5.41) is 3.70. The molecule has 0 bridgehead atoms. The van der Waals surface area contributed by atoms with Gasteiger partial charge in [0, 0.05) is 72.8 Å². The zero-order valence-electron chi connectivity index (χ0n) is 25.9. The Hall–Kier alpha value is -4.50. The van der Waals surface area contributed by atoms with Gasteiger partial charge in [0.2, 0.25) is 21.8 Å². The Balaban J connectivity index is 1.38. The predicted molar refractivity (Wildman–Crippen MR) is 171 cm³/mol. The molecule has 6 rings (SSSR count). The highest BCUT2D eigenvalue weighted by atomic mass is 32.2. The van der Waals surface area contributed by atoms with Crippen LogP contribution in [0.1, 0.15) is 25.0 Å². The molecule has 0 unspecified atom stereocenters. The molecule has 2 aliphatic heterocycles. The van der Waals surface area contributed by atoms with Gasteiger partial charge in [-0.25, -0.2) is 17.8 Å². The number of carbonyl (C=O) groups excluding carboxylic acids is 1. The van der Waals surface area contributed by atoms with Gasteiger partial charge in [0.05, 0.1) is 29.2 Å². The van der Waals surface area contributed by atoms with Crippen molar-refractivity contribution in [1.82, 2.24) is 15.3 Å². The van der Waals surface area contributed by atoms with Crippen molar-refractivity contribution in [2.45, 2.75) is 31.5 Å². The van der Waals surface area contributed by atoms with Crippen molar-refractivity contribution < 1.29 is 35.5 Å². The number of rotatable bonds is 9. The van der Waals surface area contributed by atoms with E-state index in [0.29, 0.717) is 34.4 Å². The van der Waals surface area contributed by atoms with Gasteiger partial charge in [0.25, 0.3) is 0 Å². The number of amides is 1. The minimum absolute atomic E-state index is 0.0255. The van der Waals surface area contributed by atoms with Crippen molar-refractivity contribution >= 4 is 43.9 Å². The van der Waals surface area contributed by atoms with E-state index in [9.17, 15) is 26.4 Å². The van der Waals surface area contributed by atoms with Gasteiger partial charge in [-0.05, 0) is 36.4 Å². The van der Waals surface area contributed by atoms with Crippen LogP contribution >= 0.6 is 0 Å². The lowest BCUT2D eigenvalue weighted by Gasteiger charge is -2.48. The average Bonchev–Trinajstić information content (AvgIpc) is 3.20. The normalized spacial score (nSPS) is 15.8. The van der Waals surface area contributed by atoms with Crippen LogP contribution in [0.4, 0.5) is 34.6 Å². The van der Waals surface area contributed by atoms with E-state index in [-0.39, 0.29) is 54.3 Å². The van der Waals surface area contributed by atoms with Crippen LogP contribution in [0.15, 0.2) is 54.9 Å². The third-order valence-corrected chi connectivity index (χ3v) is 8.91. The van der Waals surface area contributed by atoms with Crippen molar-refractivity contribution in [3.05, 3.63) is 71.8 Å². The SMILES string of the molecule is CC(C)NCCOc1ncc(-c2cc3c4c(cnc3cc2F)N(C)C(=O)C42CN(c3ccc(C(F)(F)F)cc3)C2)cc1NS(C)(=O)=O. The van der Waals surface area contributed by atoms with E-state index in [1.807, 2.05) is 18.7 Å². The molecule has 1 saturated heterocycles. The monoisotopic (exact) mass is 672 g/mol. The summed E-state index contributed by atoms with van der Waals surface area (Å²) < 4.78 is 87.5. The van der Waals surface area contributed by atoms with Crippen LogP contribution in [0.5, 0.6) is 5.88 Å². The Morgan fingerprint density at radius 3 is 2.40 bits per heavy atom. The Bertz CT molecular complexity index is 1980. The Morgan fingerprint density at radius 2 is 1.77 bits per heavy atom. The number of aromatic nitrogens is 2. The molecule has 10 nitrogen and oxygen atoms in total. The number of hydrogen-bond acceptors (Lipinski definition) is 8. The summed E-state index contributed by atoms with van der Waals surface area (Å²) in [5.41, 5.74) is 0.611. The summed E-state index contributed by atoms with van der Waals surface area (Å²) >= 11 is 0. The number of nitrogens with one attached hydrogen (secondary N) is 2. The van der Waals surface area contributed by atoms with Crippen molar-refractivity contribution in [2.75, 3.05) is 54.1 Å². The lowest BCUT2D eigenvalue weighted by molar-refractivity contribution is -0.137. The number of likely N-dealkylation sites (N-methyl/N-ethyl adjacent to an activating group) is 1. The number of hydrogen-bond donors (Lipinski definition) is 2. The number of fused-ring (bicyclic) bond motifs is 4. The molecule has 15 heteroatoms. The maximum atomic E-state index is 15.7. The molecule has 2 aromatic heterocycles. The number of carbonyl (C=O) groups is 1. The molecule has 2 N–H and O–H groups in total. The quantitative estimate of drug-likeness (QED) is 0.190. The topological polar surface area (TPSA) is 117 Å². The first-order chi connectivity index (χ1) is 22.1. The van der Waals surface area contributed by atoms with Gasteiger partial charge in [0.1, 0.15) is 23.5 Å². The van der Waals surface area contributed by atoms with Crippen molar-refractivity contribution in [3.8, 4) is 17.0 Å². The number of anilines is 3. The van der Waals surface area contributed by atoms with Crippen LogP contribution in [0.2, 0.25) is 0 Å². The number of sulfonamides is 1. The van der Waals surface area contributed by atoms with Gasteiger partial charge >= 0.3 is 6.18 Å². The molecule has 2 aliphatic rings. The lowest BCUT2D eigenvalue weighted by atomic mass is 9.73. The van der Waals surface area contributed by atoms with Crippen molar-refractivity contribution in [3.63, 3.8) is 0 Å². The first-order valence-corrected chi connectivity index (χ1v) is 16.6. The van der Waals surface area contributed by atoms with Crippen molar-refractivity contribution in [2.24, 2.45) is 0 Å². The van der Waals surface area contributed by atoms with E-state index >= 15 is 4.39 Å². The van der Waals surface area contributed by atoms with Crippen LogP contribution in [-0.2, 0) is 26.4 Å². The molecule has 4 heterocycles. The standard InChI is InChI=1S/C32H32F4N6O4S/c1-18(2)37-9-10-46-29-26(40-47(4,44)45)11-19(14-39-29)22-12-23-25(13-24(22)33)38-15-27-28(23)31(30(43)41(27)3)16-42(17-31)21-7-5-20(6-8-21)32(34,35)36/h5-8,11-15,18,37,40H,9-10,16-17H2,1-4H3. The second-order valence-corrected chi connectivity index (χ2v) is 13.9. The lowest BCUT2D eigenvalue weighted by Crippen LogP contribution is -2.64. The number of nitrogens with zero attached hydrogens (tertiary/aromatic N) is 4. The molecule has 0 radical (unpaired) electrons.